The fourth-order valence-electron chi connectivity index (χ4n) is 4.18. The van der Waals surface area contributed by atoms with E-state index in [4.69, 9.17) is 10.5 Å². The van der Waals surface area contributed by atoms with Crippen molar-refractivity contribution in [2.45, 2.75) is 117 Å². The van der Waals surface area contributed by atoms with Crippen LogP contribution < -0.4 is 10.5 Å². The van der Waals surface area contributed by atoms with Gasteiger partial charge in [0.25, 0.3) is 5.91 Å². The van der Waals surface area contributed by atoms with E-state index in [9.17, 15) is 4.79 Å². The number of primary amides is 1. The summed E-state index contributed by atoms with van der Waals surface area (Å²) >= 11 is 0. The zero-order valence-electron chi connectivity index (χ0n) is 19.6. The Morgan fingerprint density at radius 3 is 1.66 bits per heavy atom. The summed E-state index contributed by atoms with van der Waals surface area (Å²) in [6.45, 7) is 6.40. The molecule has 3 heteroatoms. The van der Waals surface area contributed by atoms with Gasteiger partial charge in [-0.2, -0.15) is 0 Å². The Morgan fingerprint density at radius 1 is 0.793 bits per heavy atom. The molecule has 2 N–H and O–H groups in total. The number of hydrogen-bond acceptors (Lipinski definition) is 2. The number of nitrogens with two attached hydrogens (primary N) is 1. The van der Waals surface area contributed by atoms with Gasteiger partial charge in [0.05, 0.1) is 12.7 Å². The number of amides is 1. The monoisotopic (exact) mass is 403 g/mol. The summed E-state index contributed by atoms with van der Waals surface area (Å²) in [5, 5.41) is 0. The molecule has 0 aliphatic heterocycles. The minimum Gasteiger partial charge on any atom is -0.496 e. The lowest BCUT2D eigenvalue weighted by Gasteiger charge is -2.16. The number of ether oxygens (including phenoxy) is 1. The average Bonchev–Trinajstić information content (AvgIpc) is 2.70. The number of carbonyl (C=O) groups is 1. The largest absolute Gasteiger partial charge is 0.496 e. The van der Waals surface area contributed by atoms with E-state index in [-0.39, 0.29) is 0 Å². The van der Waals surface area contributed by atoms with Crippen LogP contribution in [0.15, 0.2) is 6.07 Å². The number of methoxy groups -OCH3 is 1. The zero-order chi connectivity index (χ0) is 21.5. The van der Waals surface area contributed by atoms with E-state index in [0.717, 1.165) is 12.0 Å². The molecule has 0 fully saturated rings. The topological polar surface area (TPSA) is 52.3 Å². The molecule has 0 bridgehead atoms. The summed E-state index contributed by atoms with van der Waals surface area (Å²) in [7, 11) is 1.60. The maximum Gasteiger partial charge on any atom is 0.252 e. The molecule has 0 aliphatic carbocycles. The van der Waals surface area contributed by atoms with Gasteiger partial charge in [-0.05, 0) is 49.4 Å². The minimum atomic E-state index is -0.410. The quantitative estimate of drug-likeness (QED) is 0.275. The summed E-state index contributed by atoms with van der Waals surface area (Å²) in [5.41, 5.74) is 9.54. The fourth-order valence-corrected chi connectivity index (χ4v) is 4.18. The molecule has 1 aromatic rings. The summed E-state index contributed by atoms with van der Waals surface area (Å²) in [6, 6.07) is 1.94. The van der Waals surface area contributed by atoms with Gasteiger partial charge in [0.15, 0.2) is 0 Å². The van der Waals surface area contributed by atoms with Crippen LogP contribution in [0, 0.1) is 13.8 Å². The Labute approximate surface area is 179 Å². The van der Waals surface area contributed by atoms with Crippen molar-refractivity contribution in [1.82, 2.24) is 0 Å². The average molecular weight is 404 g/mol. The molecular weight excluding hydrogens is 358 g/mol. The fraction of sp³-hybridized carbons (Fsp3) is 0.731. The summed E-state index contributed by atoms with van der Waals surface area (Å²) in [6.07, 6.45) is 20.2. The first-order chi connectivity index (χ1) is 14.0. The van der Waals surface area contributed by atoms with Crippen LogP contribution in [0.2, 0.25) is 0 Å². The highest BCUT2D eigenvalue weighted by Crippen LogP contribution is 2.30. The Bertz CT molecular complexity index is 595. The second kappa shape index (κ2) is 15.3. The summed E-state index contributed by atoms with van der Waals surface area (Å²) in [5.74, 6) is 0.215. The van der Waals surface area contributed by atoms with Crippen molar-refractivity contribution < 1.29 is 9.53 Å². The Kier molecular flexibility index (Phi) is 13.5. The van der Waals surface area contributed by atoms with Gasteiger partial charge in [0.1, 0.15) is 5.75 Å². The van der Waals surface area contributed by atoms with Crippen molar-refractivity contribution in [3.63, 3.8) is 0 Å². The highest BCUT2D eigenvalue weighted by atomic mass is 16.5. The van der Waals surface area contributed by atoms with Crippen LogP contribution in [0.1, 0.15) is 124 Å². The molecule has 0 spiro atoms. The number of rotatable bonds is 17. The molecule has 166 valence electrons. The molecule has 29 heavy (non-hydrogen) atoms. The number of benzene rings is 1. The molecule has 0 unspecified atom stereocenters. The molecule has 1 aromatic carbocycles. The molecule has 3 nitrogen and oxygen atoms in total. The van der Waals surface area contributed by atoms with Crippen molar-refractivity contribution >= 4 is 5.91 Å². The third-order valence-electron chi connectivity index (χ3n) is 6.22. The van der Waals surface area contributed by atoms with Gasteiger partial charge in [-0.1, -0.05) is 90.4 Å². The number of unbranched alkanes of at least 4 members (excludes halogenated alkanes) is 13. The number of hydrogen-bond donors (Lipinski definition) is 1. The van der Waals surface area contributed by atoms with Crippen molar-refractivity contribution in [2.75, 3.05) is 7.11 Å². The van der Waals surface area contributed by atoms with Gasteiger partial charge in [-0.3, -0.25) is 4.79 Å². The zero-order valence-corrected chi connectivity index (χ0v) is 19.6. The standard InChI is InChI=1S/C26H45NO2/c1-5-6-7-8-9-10-11-12-13-14-15-16-17-18-19-23-20-24(26(27)28)25(29-4)22(3)21(23)2/h20H,5-19H2,1-4H3,(H2,27,28). The summed E-state index contributed by atoms with van der Waals surface area (Å²) in [4.78, 5) is 11.7. The lowest BCUT2D eigenvalue weighted by atomic mass is 9.94. The first kappa shape index (κ1) is 25.5. The van der Waals surface area contributed by atoms with Crippen LogP contribution in [0.5, 0.6) is 5.75 Å². The van der Waals surface area contributed by atoms with Crippen molar-refractivity contribution in [3.05, 3.63) is 28.3 Å². The van der Waals surface area contributed by atoms with Gasteiger partial charge < -0.3 is 10.5 Å². The van der Waals surface area contributed by atoms with E-state index in [1.54, 1.807) is 7.11 Å². The van der Waals surface area contributed by atoms with Gasteiger partial charge in [0.2, 0.25) is 0 Å². The Morgan fingerprint density at radius 2 is 1.24 bits per heavy atom. The van der Waals surface area contributed by atoms with Crippen molar-refractivity contribution in [2.24, 2.45) is 5.73 Å². The lowest BCUT2D eigenvalue weighted by molar-refractivity contribution is 0.0997. The maximum absolute atomic E-state index is 11.7. The molecule has 0 aromatic heterocycles. The van der Waals surface area contributed by atoms with E-state index in [1.807, 2.05) is 13.0 Å². The minimum absolute atomic E-state index is 0.410. The molecule has 0 saturated carbocycles. The smallest absolute Gasteiger partial charge is 0.252 e. The molecule has 0 aliphatic rings. The second-order valence-electron chi connectivity index (χ2n) is 8.58. The van der Waals surface area contributed by atoms with Crippen LogP contribution in [-0.2, 0) is 6.42 Å². The predicted molar refractivity (Wildman–Crippen MR) is 125 cm³/mol. The van der Waals surface area contributed by atoms with Crippen LogP contribution in [-0.4, -0.2) is 13.0 Å². The second-order valence-corrected chi connectivity index (χ2v) is 8.58. The molecule has 0 atom stereocenters. The first-order valence-electron chi connectivity index (χ1n) is 12.0. The van der Waals surface area contributed by atoms with Gasteiger partial charge in [0, 0.05) is 0 Å². The summed E-state index contributed by atoms with van der Waals surface area (Å²) < 4.78 is 5.40. The SMILES string of the molecule is CCCCCCCCCCCCCCCCc1cc(C(N)=O)c(OC)c(C)c1C. The first-order valence-corrected chi connectivity index (χ1v) is 12.0. The van der Waals surface area contributed by atoms with Gasteiger partial charge in [-0.25, -0.2) is 0 Å². The predicted octanol–water partition coefficient (Wildman–Crippen LogP) is 7.43. The molecule has 0 saturated heterocycles. The molecule has 0 heterocycles. The van der Waals surface area contributed by atoms with E-state index >= 15 is 0 Å². The number of aryl methyl sites for hydroxylation is 1. The number of carbonyl (C=O) groups excluding carboxylic acids is 1. The molecular formula is C26H45NO2. The van der Waals surface area contributed by atoms with Crippen LogP contribution in [0.3, 0.4) is 0 Å². The maximum atomic E-state index is 11.7. The van der Waals surface area contributed by atoms with Gasteiger partial charge in [-0.15, -0.1) is 0 Å². The highest BCUT2D eigenvalue weighted by Gasteiger charge is 2.16. The van der Waals surface area contributed by atoms with E-state index < -0.39 is 5.91 Å². The lowest BCUT2D eigenvalue weighted by Crippen LogP contribution is -2.14. The third kappa shape index (κ3) is 9.69. The normalized spacial score (nSPS) is 11.0. The Hall–Kier alpha value is -1.51. The van der Waals surface area contributed by atoms with Crippen LogP contribution >= 0.6 is 0 Å². The molecule has 1 amide bonds. The van der Waals surface area contributed by atoms with E-state index in [0.29, 0.717) is 11.3 Å². The van der Waals surface area contributed by atoms with Gasteiger partial charge >= 0.3 is 0 Å². The van der Waals surface area contributed by atoms with Crippen LogP contribution in [0.4, 0.5) is 0 Å². The Balaban J connectivity index is 2.16. The third-order valence-corrected chi connectivity index (χ3v) is 6.22. The van der Waals surface area contributed by atoms with E-state index in [1.165, 1.54) is 101 Å². The van der Waals surface area contributed by atoms with Crippen molar-refractivity contribution in [3.8, 4) is 5.75 Å². The van der Waals surface area contributed by atoms with Crippen LogP contribution in [0.25, 0.3) is 0 Å². The van der Waals surface area contributed by atoms with E-state index in [2.05, 4.69) is 13.8 Å². The molecule has 0 radical (unpaired) electrons. The molecule has 1 rings (SSSR count). The highest BCUT2D eigenvalue weighted by molar-refractivity contribution is 5.96. The van der Waals surface area contributed by atoms with Crippen molar-refractivity contribution in [1.29, 1.82) is 0 Å².